The summed E-state index contributed by atoms with van der Waals surface area (Å²) in [5.74, 6) is -0.323. The third kappa shape index (κ3) is 1.35. The molecule has 5 nitrogen and oxygen atoms in total. The largest absolute Gasteiger partial charge is 0.461 e. The van der Waals surface area contributed by atoms with Crippen LogP contribution in [0.2, 0.25) is 0 Å². The topological polar surface area (TPSA) is 69.2 Å². The van der Waals surface area contributed by atoms with Crippen molar-refractivity contribution < 1.29 is 9.34 Å². The van der Waals surface area contributed by atoms with E-state index in [9.17, 15) is 10.1 Å². The summed E-state index contributed by atoms with van der Waals surface area (Å²) in [6.07, 6.45) is 1.07. The number of hydrogen-bond acceptors (Lipinski definition) is 4. The van der Waals surface area contributed by atoms with Crippen LogP contribution in [0.1, 0.15) is 0 Å². The van der Waals surface area contributed by atoms with Gasteiger partial charge in [-0.25, -0.2) is 4.98 Å². The molecule has 0 aliphatic heterocycles. The standard InChI is InChI=1S/C9H6N2O3/c12-11(13)9-8(10-6-14-9)7-4-2-1-3-5-7/h1-6H. The Morgan fingerprint density at radius 3 is 2.64 bits per heavy atom. The molecule has 0 saturated heterocycles. The summed E-state index contributed by atoms with van der Waals surface area (Å²) in [6, 6.07) is 8.88. The highest BCUT2D eigenvalue weighted by Crippen LogP contribution is 2.27. The highest BCUT2D eigenvalue weighted by atomic mass is 16.6. The van der Waals surface area contributed by atoms with Gasteiger partial charge in [0.1, 0.15) is 4.92 Å². The van der Waals surface area contributed by atoms with Gasteiger partial charge >= 0.3 is 5.88 Å². The number of benzene rings is 1. The zero-order valence-electron chi connectivity index (χ0n) is 7.08. The van der Waals surface area contributed by atoms with Crippen molar-refractivity contribution in [2.75, 3.05) is 0 Å². The second-order valence-electron chi connectivity index (χ2n) is 2.63. The minimum absolute atomic E-state index is 0.260. The van der Waals surface area contributed by atoms with Crippen LogP contribution in [0.15, 0.2) is 41.1 Å². The molecule has 0 amide bonds. The monoisotopic (exact) mass is 190 g/mol. The van der Waals surface area contributed by atoms with Crippen molar-refractivity contribution in [3.05, 3.63) is 46.8 Å². The molecular weight excluding hydrogens is 184 g/mol. The van der Waals surface area contributed by atoms with Gasteiger partial charge in [-0.2, -0.15) is 0 Å². The van der Waals surface area contributed by atoms with Crippen molar-refractivity contribution in [3.63, 3.8) is 0 Å². The summed E-state index contributed by atoms with van der Waals surface area (Å²) in [5.41, 5.74) is 0.934. The maximum Gasteiger partial charge on any atom is 0.461 e. The number of hydrogen-bond donors (Lipinski definition) is 0. The van der Waals surface area contributed by atoms with Crippen LogP contribution in [0, 0.1) is 10.1 Å². The molecule has 5 heteroatoms. The van der Waals surface area contributed by atoms with Gasteiger partial charge in [0.25, 0.3) is 0 Å². The van der Waals surface area contributed by atoms with E-state index in [0.29, 0.717) is 5.56 Å². The van der Waals surface area contributed by atoms with Gasteiger partial charge in [-0.05, 0) is 0 Å². The van der Waals surface area contributed by atoms with E-state index < -0.39 is 4.92 Å². The van der Waals surface area contributed by atoms with Crippen LogP contribution < -0.4 is 0 Å². The summed E-state index contributed by atoms with van der Waals surface area (Å²) in [4.78, 5) is 13.7. The highest BCUT2D eigenvalue weighted by Gasteiger charge is 2.20. The Morgan fingerprint density at radius 1 is 1.29 bits per heavy atom. The summed E-state index contributed by atoms with van der Waals surface area (Å²) in [7, 11) is 0. The zero-order valence-corrected chi connectivity index (χ0v) is 7.08. The van der Waals surface area contributed by atoms with Crippen molar-refractivity contribution >= 4 is 5.88 Å². The van der Waals surface area contributed by atoms with Gasteiger partial charge in [-0.15, -0.1) is 0 Å². The normalized spacial score (nSPS) is 10.0. The molecule has 0 unspecified atom stereocenters. The number of aromatic nitrogens is 1. The van der Waals surface area contributed by atoms with Crippen molar-refractivity contribution in [1.82, 2.24) is 4.98 Å². The summed E-state index contributed by atoms with van der Waals surface area (Å²) in [6.45, 7) is 0. The molecule has 0 saturated carbocycles. The Hall–Kier alpha value is -2.17. The minimum atomic E-state index is -0.588. The van der Waals surface area contributed by atoms with Crippen LogP contribution in [0.3, 0.4) is 0 Å². The van der Waals surface area contributed by atoms with Crippen LogP contribution in [0.4, 0.5) is 5.88 Å². The van der Waals surface area contributed by atoms with Gasteiger partial charge in [-0.1, -0.05) is 30.3 Å². The lowest BCUT2D eigenvalue weighted by Gasteiger charge is -1.92. The van der Waals surface area contributed by atoms with Crippen LogP contribution in [0.5, 0.6) is 0 Å². The first-order chi connectivity index (χ1) is 6.79. The second-order valence-corrected chi connectivity index (χ2v) is 2.63. The molecule has 1 aromatic heterocycles. The first kappa shape index (κ1) is 8.43. The second kappa shape index (κ2) is 3.29. The molecule has 2 rings (SSSR count). The van der Waals surface area contributed by atoms with Gasteiger partial charge < -0.3 is 4.42 Å². The van der Waals surface area contributed by atoms with Crippen molar-refractivity contribution in [2.45, 2.75) is 0 Å². The smallest absolute Gasteiger partial charge is 0.388 e. The predicted octanol–water partition coefficient (Wildman–Crippen LogP) is 2.25. The molecule has 0 radical (unpaired) electrons. The van der Waals surface area contributed by atoms with Crippen molar-refractivity contribution in [3.8, 4) is 11.3 Å². The summed E-state index contributed by atoms with van der Waals surface area (Å²) < 4.78 is 4.67. The van der Waals surface area contributed by atoms with Gasteiger partial charge in [0, 0.05) is 5.56 Å². The van der Waals surface area contributed by atoms with Crippen molar-refractivity contribution in [1.29, 1.82) is 0 Å². The fourth-order valence-corrected chi connectivity index (χ4v) is 1.16. The van der Waals surface area contributed by atoms with E-state index in [2.05, 4.69) is 9.40 Å². The molecule has 1 aromatic carbocycles. The van der Waals surface area contributed by atoms with Gasteiger partial charge in [0.05, 0.1) is 0 Å². The molecule has 14 heavy (non-hydrogen) atoms. The Labute approximate surface area is 79.2 Å². The molecule has 0 aliphatic rings. The van der Waals surface area contributed by atoms with Gasteiger partial charge in [-0.3, -0.25) is 10.1 Å². The first-order valence-electron chi connectivity index (χ1n) is 3.92. The van der Waals surface area contributed by atoms with E-state index >= 15 is 0 Å². The maximum atomic E-state index is 10.5. The Morgan fingerprint density at radius 2 is 2.00 bits per heavy atom. The Balaban J connectivity index is 2.52. The van der Waals surface area contributed by atoms with E-state index in [-0.39, 0.29) is 11.6 Å². The third-order valence-corrected chi connectivity index (χ3v) is 1.76. The van der Waals surface area contributed by atoms with Crippen LogP contribution in [-0.4, -0.2) is 9.91 Å². The third-order valence-electron chi connectivity index (χ3n) is 1.76. The fraction of sp³-hybridized carbons (Fsp3) is 0. The molecule has 1 heterocycles. The molecule has 0 atom stereocenters. The SMILES string of the molecule is O=[N+]([O-])c1ocnc1-c1ccccc1. The zero-order chi connectivity index (χ0) is 9.97. The number of nitro groups is 1. The first-order valence-corrected chi connectivity index (χ1v) is 3.92. The van der Waals surface area contributed by atoms with Gasteiger partial charge in [0.2, 0.25) is 0 Å². The van der Waals surface area contributed by atoms with Crippen LogP contribution in [0.25, 0.3) is 11.3 Å². The predicted molar refractivity (Wildman–Crippen MR) is 48.6 cm³/mol. The maximum absolute atomic E-state index is 10.5. The fourth-order valence-electron chi connectivity index (χ4n) is 1.16. The Bertz CT molecular complexity index is 450. The number of oxazole rings is 1. The van der Waals surface area contributed by atoms with E-state index in [4.69, 9.17) is 0 Å². The molecule has 70 valence electrons. The number of nitrogens with zero attached hydrogens (tertiary/aromatic N) is 2. The number of rotatable bonds is 2. The molecule has 0 spiro atoms. The van der Waals surface area contributed by atoms with E-state index in [0.717, 1.165) is 6.39 Å². The molecule has 0 bridgehead atoms. The lowest BCUT2D eigenvalue weighted by molar-refractivity contribution is -0.401. The molecule has 2 aromatic rings. The molecular formula is C9H6N2O3. The van der Waals surface area contributed by atoms with E-state index in [1.54, 1.807) is 24.3 Å². The lowest BCUT2D eigenvalue weighted by atomic mass is 10.2. The van der Waals surface area contributed by atoms with Crippen molar-refractivity contribution in [2.24, 2.45) is 0 Å². The molecule has 0 fully saturated rings. The quantitative estimate of drug-likeness (QED) is 0.537. The summed E-state index contributed by atoms with van der Waals surface area (Å²) in [5, 5.41) is 10.5. The average Bonchev–Trinajstić information content (AvgIpc) is 2.67. The molecule has 0 N–H and O–H groups in total. The van der Waals surface area contributed by atoms with Crippen LogP contribution in [-0.2, 0) is 0 Å². The van der Waals surface area contributed by atoms with Crippen LogP contribution >= 0.6 is 0 Å². The summed E-state index contributed by atoms with van der Waals surface area (Å²) >= 11 is 0. The van der Waals surface area contributed by atoms with Gasteiger partial charge in [0.15, 0.2) is 12.1 Å². The Kier molecular flexibility index (Phi) is 1.98. The van der Waals surface area contributed by atoms with E-state index in [1.165, 1.54) is 0 Å². The highest BCUT2D eigenvalue weighted by molar-refractivity contribution is 5.65. The average molecular weight is 190 g/mol. The minimum Gasteiger partial charge on any atom is -0.388 e. The lowest BCUT2D eigenvalue weighted by Crippen LogP contribution is -1.88. The molecule has 0 aliphatic carbocycles. The van der Waals surface area contributed by atoms with E-state index in [1.807, 2.05) is 6.07 Å².